The minimum Gasteiger partial charge on any atom is -0.375 e. The molecule has 2 aromatic rings. The zero-order chi connectivity index (χ0) is 14.8. The number of nitrogens with zero attached hydrogens (tertiary/aromatic N) is 2. The maximum Gasteiger partial charge on any atom is 0.119 e. The van der Waals surface area contributed by atoms with Gasteiger partial charge in [-0.1, -0.05) is 46.3 Å². The van der Waals surface area contributed by atoms with Crippen LogP contribution < -0.4 is 5.32 Å². The molecule has 21 heavy (non-hydrogen) atoms. The van der Waals surface area contributed by atoms with Crippen LogP contribution in [0.15, 0.2) is 58.0 Å². The van der Waals surface area contributed by atoms with Gasteiger partial charge in [0.15, 0.2) is 0 Å². The number of hydrogen-bond acceptors (Lipinski definition) is 4. The molecular formula is C16H16BrN3O. The van der Waals surface area contributed by atoms with Crippen molar-refractivity contribution in [3.8, 4) is 0 Å². The monoisotopic (exact) mass is 345 g/mol. The Bertz CT molecular complexity index is 672. The molecule has 3 rings (SSSR count). The first-order valence-corrected chi connectivity index (χ1v) is 7.53. The summed E-state index contributed by atoms with van der Waals surface area (Å²) >= 11 is 3.50. The second-order valence-electron chi connectivity index (χ2n) is 4.92. The number of hydrogen-bond donors (Lipinski definition) is 2. The third-order valence-corrected chi connectivity index (χ3v) is 4.05. The van der Waals surface area contributed by atoms with Crippen LogP contribution in [0.2, 0.25) is 0 Å². The van der Waals surface area contributed by atoms with Crippen LogP contribution in [0.25, 0.3) is 0 Å². The van der Waals surface area contributed by atoms with Crippen LogP contribution in [0.5, 0.6) is 0 Å². The van der Waals surface area contributed by atoms with Gasteiger partial charge in [-0.25, -0.2) is 4.99 Å². The summed E-state index contributed by atoms with van der Waals surface area (Å²) in [6.07, 6.45) is 0. The fraction of sp³-hybridized carbons (Fsp3) is 0.188. The fourth-order valence-electron chi connectivity index (χ4n) is 2.55. The van der Waals surface area contributed by atoms with Crippen molar-refractivity contribution in [1.82, 2.24) is 10.4 Å². The van der Waals surface area contributed by atoms with E-state index in [1.165, 1.54) is 5.06 Å². The molecule has 0 fully saturated rings. The minimum absolute atomic E-state index is 0.242. The molecule has 108 valence electrons. The van der Waals surface area contributed by atoms with Gasteiger partial charge in [-0.05, 0) is 23.8 Å². The number of hydroxylamine groups is 2. The molecule has 0 amide bonds. The summed E-state index contributed by atoms with van der Waals surface area (Å²) < 4.78 is 0.971. The lowest BCUT2D eigenvalue weighted by atomic mass is 9.97. The average molecular weight is 346 g/mol. The Balaban J connectivity index is 2.17. The molecule has 0 saturated carbocycles. The van der Waals surface area contributed by atoms with E-state index < -0.39 is 0 Å². The molecule has 0 aromatic heterocycles. The number of amidine groups is 1. The van der Waals surface area contributed by atoms with Crippen LogP contribution in [0, 0.1) is 0 Å². The quantitative estimate of drug-likeness (QED) is 0.831. The highest BCUT2D eigenvalue weighted by Crippen LogP contribution is 2.37. The van der Waals surface area contributed by atoms with Gasteiger partial charge in [-0.15, -0.1) is 0 Å². The van der Waals surface area contributed by atoms with Gasteiger partial charge in [0.25, 0.3) is 0 Å². The molecule has 1 heterocycles. The van der Waals surface area contributed by atoms with E-state index in [0.29, 0.717) is 6.54 Å². The maximum atomic E-state index is 10.5. The second-order valence-corrected chi connectivity index (χ2v) is 5.84. The molecule has 5 heteroatoms. The molecule has 0 saturated heterocycles. The van der Waals surface area contributed by atoms with Crippen molar-refractivity contribution in [3.63, 3.8) is 0 Å². The van der Waals surface area contributed by atoms with E-state index >= 15 is 0 Å². The zero-order valence-corrected chi connectivity index (χ0v) is 13.2. The summed E-state index contributed by atoms with van der Waals surface area (Å²) in [5, 5.41) is 14.9. The van der Waals surface area contributed by atoms with Gasteiger partial charge in [0.05, 0.1) is 18.3 Å². The Morgan fingerprint density at radius 1 is 1.24 bits per heavy atom. The predicted molar refractivity (Wildman–Crippen MR) is 87.1 cm³/mol. The van der Waals surface area contributed by atoms with E-state index in [-0.39, 0.29) is 6.04 Å². The van der Waals surface area contributed by atoms with E-state index in [1.54, 1.807) is 0 Å². The van der Waals surface area contributed by atoms with Gasteiger partial charge in [0.2, 0.25) is 0 Å². The number of halogens is 1. The van der Waals surface area contributed by atoms with Crippen molar-refractivity contribution in [2.75, 3.05) is 13.6 Å². The van der Waals surface area contributed by atoms with Gasteiger partial charge in [0, 0.05) is 17.1 Å². The predicted octanol–water partition coefficient (Wildman–Crippen LogP) is 3.49. The SMILES string of the molecule is CNC1=Nc2ccc(Br)cc2C(c2ccccc2)N(O)C1. The first-order chi connectivity index (χ1) is 10.2. The van der Waals surface area contributed by atoms with Gasteiger partial charge >= 0.3 is 0 Å². The standard InChI is InChI=1S/C16H16BrN3O/c1-18-15-10-20(21)16(11-5-3-2-4-6-11)13-9-12(17)7-8-14(13)19-15/h2-9,16,21H,10H2,1H3,(H,18,19). The number of fused-ring (bicyclic) bond motifs is 1. The summed E-state index contributed by atoms with van der Waals surface area (Å²) in [6.45, 7) is 0.350. The first-order valence-electron chi connectivity index (χ1n) is 6.74. The Morgan fingerprint density at radius 2 is 2.00 bits per heavy atom. The van der Waals surface area contributed by atoms with E-state index in [0.717, 1.165) is 27.1 Å². The van der Waals surface area contributed by atoms with Crippen LogP contribution >= 0.6 is 15.9 Å². The largest absolute Gasteiger partial charge is 0.375 e. The molecule has 1 atom stereocenters. The summed E-state index contributed by atoms with van der Waals surface area (Å²) in [6, 6.07) is 15.7. The molecule has 0 spiro atoms. The van der Waals surface area contributed by atoms with E-state index in [4.69, 9.17) is 0 Å². The van der Waals surface area contributed by atoms with Crippen molar-refractivity contribution in [1.29, 1.82) is 0 Å². The molecule has 1 unspecified atom stereocenters. The van der Waals surface area contributed by atoms with E-state index in [2.05, 4.69) is 26.2 Å². The molecule has 0 aliphatic carbocycles. The van der Waals surface area contributed by atoms with E-state index in [9.17, 15) is 5.21 Å². The topological polar surface area (TPSA) is 47.9 Å². The summed E-state index contributed by atoms with van der Waals surface area (Å²) in [4.78, 5) is 4.61. The molecule has 1 aliphatic heterocycles. The average Bonchev–Trinajstić information content (AvgIpc) is 2.63. The smallest absolute Gasteiger partial charge is 0.119 e. The summed E-state index contributed by atoms with van der Waals surface area (Å²) in [5.41, 5.74) is 2.88. The van der Waals surface area contributed by atoms with Crippen LogP contribution in [-0.2, 0) is 0 Å². The number of rotatable bonds is 1. The summed E-state index contributed by atoms with van der Waals surface area (Å²) in [7, 11) is 1.81. The van der Waals surface area contributed by atoms with Crippen molar-refractivity contribution in [2.24, 2.45) is 4.99 Å². The number of nitrogens with one attached hydrogen (secondary N) is 1. The highest BCUT2D eigenvalue weighted by Gasteiger charge is 2.27. The number of benzene rings is 2. The molecule has 2 aromatic carbocycles. The highest BCUT2D eigenvalue weighted by molar-refractivity contribution is 9.10. The van der Waals surface area contributed by atoms with Crippen LogP contribution in [-0.4, -0.2) is 29.7 Å². The van der Waals surface area contributed by atoms with Gasteiger partial charge in [-0.2, -0.15) is 5.06 Å². The highest BCUT2D eigenvalue weighted by atomic mass is 79.9. The number of likely N-dealkylation sites (N-methyl/N-ethyl adjacent to an activating group) is 1. The van der Waals surface area contributed by atoms with Crippen molar-refractivity contribution in [2.45, 2.75) is 6.04 Å². The lowest BCUT2D eigenvalue weighted by molar-refractivity contribution is -0.103. The second kappa shape index (κ2) is 5.97. The van der Waals surface area contributed by atoms with Gasteiger partial charge < -0.3 is 10.5 Å². The molecular weight excluding hydrogens is 330 g/mol. The van der Waals surface area contributed by atoms with Crippen LogP contribution in [0.4, 0.5) is 5.69 Å². The van der Waals surface area contributed by atoms with Crippen molar-refractivity contribution < 1.29 is 5.21 Å². The Morgan fingerprint density at radius 3 is 2.71 bits per heavy atom. The lowest BCUT2D eigenvalue weighted by Crippen LogP contribution is -2.35. The van der Waals surface area contributed by atoms with Crippen LogP contribution in [0.3, 0.4) is 0 Å². The fourth-order valence-corrected chi connectivity index (χ4v) is 2.93. The van der Waals surface area contributed by atoms with Gasteiger partial charge in [0.1, 0.15) is 5.84 Å². The van der Waals surface area contributed by atoms with E-state index in [1.807, 2.05) is 55.6 Å². The van der Waals surface area contributed by atoms with Crippen molar-refractivity contribution >= 4 is 27.5 Å². The Labute approximate surface area is 132 Å². The molecule has 1 aliphatic rings. The molecule has 2 N–H and O–H groups in total. The first kappa shape index (κ1) is 14.3. The zero-order valence-electron chi connectivity index (χ0n) is 11.6. The molecule has 4 nitrogen and oxygen atoms in total. The van der Waals surface area contributed by atoms with Gasteiger partial charge in [-0.3, -0.25) is 0 Å². The third-order valence-electron chi connectivity index (χ3n) is 3.55. The maximum absolute atomic E-state index is 10.5. The lowest BCUT2D eigenvalue weighted by Gasteiger charge is -2.25. The van der Waals surface area contributed by atoms with Crippen molar-refractivity contribution in [3.05, 3.63) is 64.1 Å². The molecule has 0 radical (unpaired) electrons. The Kier molecular flexibility index (Phi) is 4.05. The third kappa shape index (κ3) is 2.85. The molecule has 0 bridgehead atoms. The number of aliphatic imine (C=N–C) groups is 1. The Hall–Kier alpha value is -1.69. The summed E-state index contributed by atoms with van der Waals surface area (Å²) in [5.74, 6) is 0.736. The minimum atomic E-state index is -0.242. The van der Waals surface area contributed by atoms with Crippen LogP contribution in [0.1, 0.15) is 17.2 Å². The normalized spacial score (nSPS) is 18.6.